The molecular formula is C17H14N2O6. The molecule has 0 aromatic heterocycles. The van der Waals surface area contributed by atoms with Gasteiger partial charge in [-0.2, -0.15) is 0 Å². The van der Waals surface area contributed by atoms with Gasteiger partial charge in [-0.1, -0.05) is 12.1 Å². The van der Waals surface area contributed by atoms with Gasteiger partial charge in [-0.3, -0.25) is 25.0 Å². The Bertz CT molecular complexity index is 846. The predicted octanol–water partition coefficient (Wildman–Crippen LogP) is 2.99. The fraction of sp³-hybridized carbons (Fsp3) is 0.235. The van der Waals surface area contributed by atoms with Gasteiger partial charge in [0.2, 0.25) is 5.78 Å². The van der Waals surface area contributed by atoms with Gasteiger partial charge in [0.15, 0.2) is 0 Å². The first-order chi connectivity index (χ1) is 11.9. The molecule has 1 aliphatic carbocycles. The predicted molar refractivity (Wildman–Crippen MR) is 87.5 cm³/mol. The van der Waals surface area contributed by atoms with Crippen molar-refractivity contribution in [2.75, 3.05) is 7.11 Å². The van der Waals surface area contributed by atoms with Crippen molar-refractivity contribution in [2.45, 2.75) is 17.9 Å². The summed E-state index contributed by atoms with van der Waals surface area (Å²) >= 11 is 0. The average Bonchev–Trinajstić information content (AvgIpc) is 3.38. The zero-order valence-electron chi connectivity index (χ0n) is 13.2. The number of hydrogen-bond donors (Lipinski definition) is 0. The maximum Gasteiger partial charge on any atom is 0.291 e. The summed E-state index contributed by atoms with van der Waals surface area (Å²) in [6.45, 7) is 0. The summed E-state index contributed by atoms with van der Waals surface area (Å²) in [5, 5.41) is 22.3. The highest BCUT2D eigenvalue weighted by molar-refractivity contribution is 6.05. The zero-order valence-corrected chi connectivity index (χ0v) is 13.2. The van der Waals surface area contributed by atoms with Crippen molar-refractivity contribution in [3.63, 3.8) is 0 Å². The number of nitrogens with zero attached hydrogens (tertiary/aromatic N) is 2. The summed E-state index contributed by atoms with van der Waals surface area (Å²) in [6, 6.07) is 11.7. The molecule has 0 saturated heterocycles. The summed E-state index contributed by atoms with van der Waals surface area (Å²) in [5.74, 6) is -0.615. The van der Waals surface area contributed by atoms with Crippen molar-refractivity contribution in [3.05, 3.63) is 79.9 Å². The number of hydrogen-bond acceptors (Lipinski definition) is 6. The molecule has 1 aliphatic rings. The Kier molecular flexibility index (Phi) is 3.96. The van der Waals surface area contributed by atoms with Gasteiger partial charge < -0.3 is 4.74 Å². The maximum absolute atomic E-state index is 12.7. The summed E-state index contributed by atoms with van der Waals surface area (Å²) < 4.78 is 5.02. The lowest BCUT2D eigenvalue weighted by Gasteiger charge is -2.09. The Hall–Kier alpha value is -3.29. The van der Waals surface area contributed by atoms with Gasteiger partial charge in [0.25, 0.3) is 11.2 Å². The van der Waals surface area contributed by atoms with E-state index >= 15 is 0 Å². The third-order valence-corrected chi connectivity index (χ3v) is 4.51. The molecule has 2 aromatic carbocycles. The molecule has 8 heteroatoms. The van der Waals surface area contributed by atoms with Gasteiger partial charge in [-0.15, -0.1) is 0 Å². The molecule has 1 saturated carbocycles. The van der Waals surface area contributed by atoms with Crippen LogP contribution in [0.5, 0.6) is 5.75 Å². The number of rotatable bonds is 6. The third-order valence-electron chi connectivity index (χ3n) is 4.51. The van der Waals surface area contributed by atoms with E-state index < -0.39 is 27.1 Å². The minimum atomic E-state index is -1.72. The Morgan fingerprint density at radius 1 is 1.08 bits per heavy atom. The van der Waals surface area contributed by atoms with Crippen molar-refractivity contribution in [2.24, 2.45) is 0 Å². The number of ether oxygens (including phenoxy) is 1. The molecule has 0 heterocycles. The standard InChI is InChI=1S/C17H14N2O6/c1-25-14-8-4-12(5-9-14)16(20)17(19(23)24)10-15(17)11-2-6-13(7-3-11)18(21)22/h2-9,15H,10H2,1H3/t15-,17-/m0/s1. The number of Topliss-reactive ketones (excluding diaryl/α,β-unsaturated/α-hetero) is 1. The summed E-state index contributed by atoms with van der Waals surface area (Å²) in [7, 11) is 1.49. The molecule has 25 heavy (non-hydrogen) atoms. The number of carbonyl (C=O) groups excluding carboxylic acids is 1. The average molecular weight is 342 g/mol. The van der Waals surface area contributed by atoms with Gasteiger partial charge >= 0.3 is 0 Å². The van der Waals surface area contributed by atoms with E-state index in [0.29, 0.717) is 11.3 Å². The second-order valence-electron chi connectivity index (χ2n) is 5.84. The van der Waals surface area contributed by atoms with E-state index in [1.54, 1.807) is 12.1 Å². The Morgan fingerprint density at radius 3 is 2.16 bits per heavy atom. The molecule has 128 valence electrons. The first kappa shape index (κ1) is 16.6. The highest BCUT2D eigenvalue weighted by Crippen LogP contribution is 2.55. The number of methoxy groups -OCH3 is 1. The van der Waals surface area contributed by atoms with Crippen LogP contribution in [0.25, 0.3) is 0 Å². The number of carbonyl (C=O) groups is 1. The van der Waals surface area contributed by atoms with Gasteiger partial charge in [-0.05, 0) is 29.8 Å². The van der Waals surface area contributed by atoms with Crippen molar-refractivity contribution < 1.29 is 19.4 Å². The molecular weight excluding hydrogens is 328 g/mol. The molecule has 0 bridgehead atoms. The maximum atomic E-state index is 12.7. The molecule has 8 nitrogen and oxygen atoms in total. The second kappa shape index (κ2) is 5.97. The Morgan fingerprint density at radius 2 is 1.68 bits per heavy atom. The van der Waals surface area contributed by atoms with Crippen LogP contribution >= 0.6 is 0 Å². The van der Waals surface area contributed by atoms with Crippen LogP contribution in [0.3, 0.4) is 0 Å². The normalized spacial score (nSPS) is 21.4. The molecule has 3 rings (SSSR count). The number of ketones is 1. The lowest BCUT2D eigenvalue weighted by Crippen LogP contribution is -2.34. The fourth-order valence-corrected chi connectivity index (χ4v) is 3.00. The van der Waals surface area contributed by atoms with Crippen molar-refractivity contribution in [1.29, 1.82) is 0 Å². The van der Waals surface area contributed by atoms with E-state index in [9.17, 15) is 25.0 Å². The smallest absolute Gasteiger partial charge is 0.291 e. The molecule has 1 fully saturated rings. The third kappa shape index (κ3) is 2.71. The van der Waals surface area contributed by atoms with Gasteiger partial charge in [0, 0.05) is 29.0 Å². The van der Waals surface area contributed by atoms with E-state index in [1.165, 1.54) is 43.5 Å². The highest BCUT2D eigenvalue weighted by atomic mass is 16.6. The fourth-order valence-electron chi connectivity index (χ4n) is 3.00. The summed E-state index contributed by atoms with van der Waals surface area (Å²) in [5.41, 5.74) is -1.03. The van der Waals surface area contributed by atoms with E-state index in [1.807, 2.05) is 0 Å². The molecule has 2 aromatic rings. The molecule has 0 N–H and O–H groups in total. The van der Waals surface area contributed by atoms with Crippen molar-refractivity contribution in [3.8, 4) is 5.75 Å². The van der Waals surface area contributed by atoms with Crippen LogP contribution in [0, 0.1) is 20.2 Å². The first-order valence-electron chi connectivity index (χ1n) is 7.48. The Labute approximate surface area is 142 Å². The number of non-ortho nitro benzene ring substituents is 1. The number of nitro groups is 2. The molecule has 0 spiro atoms. The monoisotopic (exact) mass is 342 g/mol. The summed E-state index contributed by atoms with van der Waals surface area (Å²) in [6.07, 6.45) is 0.0721. The zero-order chi connectivity index (χ0) is 18.2. The SMILES string of the molecule is COc1ccc(C(=O)[C@]2([N+](=O)[O-])C[C@H]2c2ccc([N+](=O)[O-])cc2)cc1. The van der Waals surface area contributed by atoms with E-state index in [-0.39, 0.29) is 17.7 Å². The lowest BCUT2D eigenvalue weighted by atomic mass is 9.97. The van der Waals surface area contributed by atoms with Crippen molar-refractivity contribution in [1.82, 2.24) is 0 Å². The Balaban J connectivity index is 1.90. The minimum Gasteiger partial charge on any atom is -0.497 e. The van der Waals surface area contributed by atoms with Gasteiger partial charge in [-0.25, -0.2) is 0 Å². The van der Waals surface area contributed by atoms with Crippen LogP contribution in [0.1, 0.15) is 28.3 Å². The van der Waals surface area contributed by atoms with Crippen LogP contribution in [-0.4, -0.2) is 28.3 Å². The van der Waals surface area contributed by atoms with Gasteiger partial charge in [0.1, 0.15) is 5.75 Å². The van der Waals surface area contributed by atoms with E-state index in [0.717, 1.165) is 0 Å². The van der Waals surface area contributed by atoms with E-state index in [4.69, 9.17) is 4.74 Å². The molecule has 0 radical (unpaired) electrons. The van der Waals surface area contributed by atoms with Crippen molar-refractivity contribution >= 4 is 11.5 Å². The van der Waals surface area contributed by atoms with Crippen LogP contribution < -0.4 is 4.74 Å². The largest absolute Gasteiger partial charge is 0.497 e. The van der Waals surface area contributed by atoms with Crippen LogP contribution in [0.4, 0.5) is 5.69 Å². The van der Waals surface area contributed by atoms with Gasteiger partial charge in [0.05, 0.1) is 18.0 Å². The molecule has 0 aliphatic heterocycles. The first-order valence-corrected chi connectivity index (χ1v) is 7.48. The number of benzene rings is 2. The quantitative estimate of drug-likeness (QED) is 0.453. The van der Waals surface area contributed by atoms with Crippen LogP contribution in [0.15, 0.2) is 48.5 Å². The highest BCUT2D eigenvalue weighted by Gasteiger charge is 2.72. The van der Waals surface area contributed by atoms with Crippen LogP contribution in [-0.2, 0) is 0 Å². The summed E-state index contributed by atoms with van der Waals surface area (Å²) in [4.78, 5) is 34.0. The topological polar surface area (TPSA) is 113 Å². The number of nitro benzene ring substituents is 1. The molecule has 0 unspecified atom stereocenters. The molecule has 0 amide bonds. The second-order valence-corrected chi connectivity index (χ2v) is 5.84. The minimum absolute atomic E-state index is 0.0721. The molecule has 2 atom stereocenters. The lowest BCUT2D eigenvalue weighted by molar-refractivity contribution is -0.521. The van der Waals surface area contributed by atoms with Crippen LogP contribution in [0.2, 0.25) is 0 Å². The van der Waals surface area contributed by atoms with E-state index in [2.05, 4.69) is 0 Å².